The molecule has 0 unspecified atom stereocenters. The lowest BCUT2D eigenvalue weighted by Crippen LogP contribution is -2.45. The van der Waals surface area contributed by atoms with Crippen LogP contribution in [0.2, 0.25) is 0 Å². The Labute approximate surface area is 137 Å². The number of nitrogens with two attached hydrogens (primary N) is 1. The van der Waals surface area contributed by atoms with Crippen LogP contribution in [-0.4, -0.2) is 59.0 Å². The molecule has 0 aliphatic carbocycles. The van der Waals surface area contributed by atoms with Crippen molar-refractivity contribution in [1.82, 2.24) is 25.2 Å². The minimum absolute atomic E-state index is 0.0265. The number of likely N-dealkylation sites (tertiary alicyclic amines) is 1. The van der Waals surface area contributed by atoms with Crippen LogP contribution in [0.15, 0.2) is 0 Å². The van der Waals surface area contributed by atoms with Gasteiger partial charge in [-0.1, -0.05) is 0 Å². The number of piperidine rings is 1. The predicted octanol–water partition coefficient (Wildman–Crippen LogP) is 0.256. The molecule has 1 aliphatic rings. The fourth-order valence-electron chi connectivity index (χ4n) is 2.70. The Bertz CT molecular complexity index is 547. The molecule has 0 spiro atoms. The van der Waals surface area contributed by atoms with Crippen LogP contribution in [0.1, 0.15) is 32.5 Å². The van der Waals surface area contributed by atoms with Gasteiger partial charge in [-0.2, -0.15) is 15.0 Å². The summed E-state index contributed by atoms with van der Waals surface area (Å²) in [7, 11) is 3.67. The van der Waals surface area contributed by atoms with Gasteiger partial charge >= 0.3 is 0 Å². The third kappa shape index (κ3) is 4.75. The summed E-state index contributed by atoms with van der Waals surface area (Å²) < 4.78 is 0. The first kappa shape index (κ1) is 17.4. The SMILES string of the molecule is CC(C)N1CCC[C@H](C(=O)NCc2nc(N)nc(N(C)C)n2)C1. The zero-order chi connectivity index (χ0) is 17.0. The van der Waals surface area contributed by atoms with Crippen LogP contribution in [0.25, 0.3) is 0 Å². The Balaban J connectivity index is 1.94. The largest absolute Gasteiger partial charge is 0.368 e. The van der Waals surface area contributed by atoms with Crippen molar-refractivity contribution in [2.75, 3.05) is 37.8 Å². The van der Waals surface area contributed by atoms with Gasteiger partial charge in [-0.3, -0.25) is 4.79 Å². The van der Waals surface area contributed by atoms with E-state index in [1.54, 1.807) is 4.90 Å². The van der Waals surface area contributed by atoms with Gasteiger partial charge in [0, 0.05) is 26.7 Å². The van der Waals surface area contributed by atoms with Crippen molar-refractivity contribution in [3.63, 3.8) is 0 Å². The van der Waals surface area contributed by atoms with E-state index in [-0.39, 0.29) is 24.3 Å². The Kier molecular flexibility index (Phi) is 5.70. The first-order valence-corrected chi connectivity index (χ1v) is 8.06. The number of nitrogen functional groups attached to an aromatic ring is 1. The van der Waals surface area contributed by atoms with E-state index in [9.17, 15) is 4.79 Å². The van der Waals surface area contributed by atoms with Crippen LogP contribution in [-0.2, 0) is 11.3 Å². The van der Waals surface area contributed by atoms with E-state index in [4.69, 9.17) is 5.73 Å². The van der Waals surface area contributed by atoms with E-state index in [0.29, 0.717) is 17.8 Å². The van der Waals surface area contributed by atoms with Gasteiger partial charge in [-0.15, -0.1) is 0 Å². The molecule has 128 valence electrons. The van der Waals surface area contributed by atoms with Gasteiger partial charge in [-0.05, 0) is 33.2 Å². The molecule has 1 saturated heterocycles. The van der Waals surface area contributed by atoms with E-state index in [1.807, 2.05) is 14.1 Å². The fourth-order valence-corrected chi connectivity index (χ4v) is 2.70. The van der Waals surface area contributed by atoms with Crippen LogP contribution in [0.3, 0.4) is 0 Å². The number of hydrogen-bond donors (Lipinski definition) is 2. The first-order valence-electron chi connectivity index (χ1n) is 8.06. The van der Waals surface area contributed by atoms with Crippen molar-refractivity contribution in [2.45, 2.75) is 39.3 Å². The van der Waals surface area contributed by atoms with E-state index < -0.39 is 0 Å². The summed E-state index contributed by atoms with van der Waals surface area (Å²) in [6, 6.07) is 0.469. The van der Waals surface area contributed by atoms with Crippen LogP contribution in [0.5, 0.6) is 0 Å². The zero-order valence-corrected chi connectivity index (χ0v) is 14.4. The van der Waals surface area contributed by atoms with Gasteiger partial charge in [0.1, 0.15) is 0 Å². The molecular formula is C15H27N7O. The second-order valence-corrected chi connectivity index (χ2v) is 6.45. The lowest BCUT2D eigenvalue weighted by molar-refractivity contribution is -0.127. The monoisotopic (exact) mass is 321 g/mol. The topological polar surface area (TPSA) is 100 Å². The highest BCUT2D eigenvalue weighted by Crippen LogP contribution is 2.18. The third-order valence-corrected chi connectivity index (χ3v) is 4.06. The molecule has 0 bridgehead atoms. The number of nitrogens with one attached hydrogen (secondary N) is 1. The number of anilines is 2. The molecule has 0 aromatic carbocycles. The maximum absolute atomic E-state index is 12.4. The van der Waals surface area contributed by atoms with Crippen LogP contribution in [0.4, 0.5) is 11.9 Å². The Morgan fingerprint density at radius 3 is 2.78 bits per heavy atom. The Morgan fingerprint density at radius 1 is 1.39 bits per heavy atom. The molecular weight excluding hydrogens is 294 g/mol. The third-order valence-electron chi connectivity index (χ3n) is 4.06. The number of rotatable bonds is 5. The summed E-state index contributed by atoms with van der Waals surface area (Å²) in [5.41, 5.74) is 5.69. The van der Waals surface area contributed by atoms with E-state index in [0.717, 1.165) is 25.9 Å². The van der Waals surface area contributed by atoms with Crippen molar-refractivity contribution in [1.29, 1.82) is 0 Å². The molecule has 0 radical (unpaired) electrons. The molecule has 1 fully saturated rings. The Hall–Kier alpha value is -1.96. The molecule has 0 saturated carbocycles. The molecule has 8 nitrogen and oxygen atoms in total. The summed E-state index contributed by atoms with van der Waals surface area (Å²) >= 11 is 0. The number of carbonyl (C=O) groups is 1. The summed E-state index contributed by atoms with van der Waals surface area (Å²) in [6.45, 7) is 6.47. The van der Waals surface area contributed by atoms with Gasteiger partial charge < -0.3 is 20.9 Å². The van der Waals surface area contributed by atoms with Gasteiger partial charge in [0.05, 0.1) is 12.5 Å². The quantitative estimate of drug-likeness (QED) is 0.802. The highest BCUT2D eigenvalue weighted by Gasteiger charge is 2.26. The summed E-state index contributed by atoms with van der Waals surface area (Å²) in [5.74, 6) is 1.22. The lowest BCUT2D eigenvalue weighted by atomic mass is 9.96. The van der Waals surface area contributed by atoms with Crippen molar-refractivity contribution in [3.8, 4) is 0 Å². The van der Waals surface area contributed by atoms with Crippen molar-refractivity contribution in [3.05, 3.63) is 5.82 Å². The van der Waals surface area contributed by atoms with Crippen LogP contribution in [0, 0.1) is 5.92 Å². The molecule has 1 atom stereocenters. The molecule has 2 heterocycles. The van der Waals surface area contributed by atoms with Crippen LogP contribution < -0.4 is 16.0 Å². The molecule has 1 aromatic rings. The van der Waals surface area contributed by atoms with Gasteiger partial charge in [-0.25, -0.2) is 0 Å². The molecule has 3 N–H and O–H groups in total. The number of carbonyl (C=O) groups excluding carboxylic acids is 1. The maximum Gasteiger partial charge on any atom is 0.229 e. The average molecular weight is 321 g/mol. The first-order chi connectivity index (χ1) is 10.9. The molecule has 1 aromatic heterocycles. The fraction of sp³-hybridized carbons (Fsp3) is 0.733. The zero-order valence-electron chi connectivity index (χ0n) is 14.4. The molecule has 1 amide bonds. The van der Waals surface area contributed by atoms with E-state index in [2.05, 4.69) is 39.0 Å². The summed E-state index contributed by atoms with van der Waals surface area (Å²) in [4.78, 5) is 28.9. The van der Waals surface area contributed by atoms with Gasteiger partial charge in [0.15, 0.2) is 5.82 Å². The predicted molar refractivity (Wildman–Crippen MR) is 89.8 cm³/mol. The van der Waals surface area contributed by atoms with E-state index >= 15 is 0 Å². The number of amides is 1. The molecule has 8 heteroatoms. The standard InChI is InChI=1S/C15H27N7O/c1-10(2)22-7-5-6-11(9-22)13(23)17-8-12-18-14(16)20-15(19-12)21(3)4/h10-11H,5-9H2,1-4H3,(H,17,23)(H2,16,18,19,20)/t11-/m0/s1. The van der Waals surface area contributed by atoms with Crippen molar-refractivity contribution in [2.24, 2.45) is 5.92 Å². The maximum atomic E-state index is 12.4. The van der Waals surface area contributed by atoms with Crippen molar-refractivity contribution >= 4 is 17.8 Å². The minimum Gasteiger partial charge on any atom is -0.368 e. The van der Waals surface area contributed by atoms with Gasteiger partial charge in [0.25, 0.3) is 0 Å². The van der Waals surface area contributed by atoms with Gasteiger partial charge in [0.2, 0.25) is 17.8 Å². The number of aromatic nitrogens is 3. The normalized spacial score (nSPS) is 18.9. The highest BCUT2D eigenvalue weighted by molar-refractivity contribution is 5.78. The lowest BCUT2D eigenvalue weighted by Gasteiger charge is -2.34. The van der Waals surface area contributed by atoms with Crippen molar-refractivity contribution < 1.29 is 4.79 Å². The summed E-state index contributed by atoms with van der Waals surface area (Å²) in [5, 5.41) is 2.93. The number of nitrogens with zero attached hydrogens (tertiary/aromatic N) is 5. The van der Waals surface area contributed by atoms with Crippen LogP contribution >= 0.6 is 0 Å². The molecule has 1 aliphatic heterocycles. The average Bonchev–Trinajstić information content (AvgIpc) is 2.52. The summed E-state index contributed by atoms with van der Waals surface area (Å²) in [6.07, 6.45) is 1.98. The highest BCUT2D eigenvalue weighted by atomic mass is 16.1. The minimum atomic E-state index is 0.0265. The smallest absolute Gasteiger partial charge is 0.229 e. The second kappa shape index (κ2) is 7.54. The van der Waals surface area contributed by atoms with E-state index in [1.165, 1.54) is 0 Å². The Morgan fingerprint density at radius 2 is 2.13 bits per heavy atom. The number of hydrogen-bond acceptors (Lipinski definition) is 7. The second-order valence-electron chi connectivity index (χ2n) is 6.45. The molecule has 2 rings (SSSR count). The molecule has 23 heavy (non-hydrogen) atoms.